The average Bonchev–Trinajstić information content (AvgIpc) is 3.10. The number of esters is 1. The number of nitrogens with one attached hydrogen (secondary N) is 1. The van der Waals surface area contributed by atoms with Crippen molar-refractivity contribution in [3.63, 3.8) is 0 Å². The summed E-state index contributed by atoms with van der Waals surface area (Å²) >= 11 is 0. The van der Waals surface area contributed by atoms with Gasteiger partial charge in [-0.3, -0.25) is 14.4 Å². The molecule has 1 heterocycles. The number of hydrogen-bond donors (Lipinski definition) is 1. The van der Waals surface area contributed by atoms with Gasteiger partial charge in [-0.25, -0.2) is 0 Å². The van der Waals surface area contributed by atoms with Gasteiger partial charge in [0.1, 0.15) is 12.6 Å². The molecule has 0 radical (unpaired) electrons. The number of amides is 2. The van der Waals surface area contributed by atoms with E-state index in [2.05, 4.69) is 22.2 Å². The SMILES string of the molecule is COC(=O)CNC(=O)C1c2ccccc2C(=O)N1Cc1ccccc1-c1ccc(C)cc1. The van der Waals surface area contributed by atoms with Gasteiger partial charge in [-0.05, 0) is 35.2 Å². The van der Waals surface area contributed by atoms with Crippen LogP contribution < -0.4 is 5.32 Å². The van der Waals surface area contributed by atoms with Crippen LogP contribution in [0.15, 0.2) is 72.8 Å². The molecule has 1 unspecified atom stereocenters. The second-order valence-electron chi connectivity index (χ2n) is 7.74. The molecule has 1 N–H and O–H groups in total. The summed E-state index contributed by atoms with van der Waals surface area (Å²) in [7, 11) is 1.26. The first-order chi connectivity index (χ1) is 15.5. The molecule has 3 aromatic rings. The molecule has 1 aliphatic rings. The lowest BCUT2D eigenvalue weighted by Crippen LogP contribution is -2.40. The Kier molecular flexibility index (Phi) is 6.03. The fourth-order valence-corrected chi connectivity index (χ4v) is 4.00. The highest BCUT2D eigenvalue weighted by Gasteiger charge is 2.41. The lowest BCUT2D eigenvalue weighted by atomic mass is 9.98. The van der Waals surface area contributed by atoms with Crippen LogP contribution >= 0.6 is 0 Å². The van der Waals surface area contributed by atoms with Crippen LogP contribution in [0, 0.1) is 6.92 Å². The summed E-state index contributed by atoms with van der Waals surface area (Å²) in [4.78, 5) is 39.4. The first kappa shape index (κ1) is 21.3. The molecular weight excluding hydrogens is 404 g/mol. The third kappa shape index (κ3) is 4.12. The summed E-state index contributed by atoms with van der Waals surface area (Å²) < 4.78 is 4.62. The van der Waals surface area contributed by atoms with Crippen molar-refractivity contribution in [2.75, 3.05) is 13.7 Å². The molecule has 4 rings (SSSR count). The van der Waals surface area contributed by atoms with E-state index in [1.807, 2.05) is 43.3 Å². The van der Waals surface area contributed by atoms with Gasteiger partial charge in [0.2, 0.25) is 5.91 Å². The Bertz CT molecular complexity index is 1170. The molecule has 3 aromatic carbocycles. The summed E-state index contributed by atoms with van der Waals surface area (Å²) in [6.45, 7) is 2.04. The molecule has 6 heteroatoms. The number of rotatable bonds is 6. The molecule has 0 fully saturated rings. The van der Waals surface area contributed by atoms with Crippen molar-refractivity contribution in [2.24, 2.45) is 0 Å². The summed E-state index contributed by atoms with van der Waals surface area (Å²) in [6.07, 6.45) is 0. The Morgan fingerprint density at radius 3 is 2.31 bits per heavy atom. The van der Waals surface area contributed by atoms with Gasteiger partial charge >= 0.3 is 5.97 Å². The van der Waals surface area contributed by atoms with E-state index in [0.29, 0.717) is 11.1 Å². The largest absolute Gasteiger partial charge is 0.468 e. The summed E-state index contributed by atoms with van der Waals surface area (Å²) in [6, 6.07) is 22.3. The zero-order valence-corrected chi connectivity index (χ0v) is 18.0. The normalized spacial score (nSPS) is 14.8. The van der Waals surface area contributed by atoms with E-state index in [-0.39, 0.29) is 19.0 Å². The Labute approximate surface area is 186 Å². The highest BCUT2D eigenvalue weighted by atomic mass is 16.5. The monoisotopic (exact) mass is 428 g/mol. The highest BCUT2D eigenvalue weighted by molar-refractivity contribution is 6.05. The smallest absolute Gasteiger partial charge is 0.325 e. The number of ether oxygens (including phenoxy) is 1. The molecule has 0 saturated carbocycles. The summed E-state index contributed by atoms with van der Waals surface area (Å²) in [5.74, 6) is -1.17. The maximum atomic E-state index is 13.3. The molecule has 0 spiro atoms. The van der Waals surface area contributed by atoms with Crippen LogP contribution in [0.1, 0.15) is 33.1 Å². The standard InChI is InChI=1S/C26H24N2O4/c1-17-11-13-18(14-12-17)20-8-4-3-7-19(20)16-28-24(25(30)27-15-23(29)32-2)21-9-5-6-10-22(21)26(28)31/h3-14,24H,15-16H2,1-2H3,(H,27,30). The minimum atomic E-state index is -0.825. The van der Waals surface area contributed by atoms with E-state index in [1.165, 1.54) is 12.7 Å². The van der Waals surface area contributed by atoms with Crippen molar-refractivity contribution >= 4 is 17.8 Å². The number of carbonyl (C=O) groups is 3. The molecule has 0 bridgehead atoms. The van der Waals surface area contributed by atoms with E-state index in [9.17, 15) is 14.4 Å². The number of aryl methyl sites for hydroxylation is 1. The molecule has 0 aromatic heterocycles. The third-order valence-corrected chi connectivity index (χ3v) is 5.66. The van der Waals surface area contributed by atoms with E-state index < -0.39 is 17.9 Å². The molecule has 0 saturated heterocycles. The lowest BCUT2D eigenvalue weighted by molar-refractivity contribution is -0.141. The van der Waals surface area contributed by atoms with E-state index in [0.717, 1.165) is 16.7 Å². The first-order valence-electron chi connectivity index (χ1n) is 10.4. The van der Waals surface area contributed by atoms with Gasteiger partial charge in [-0.2, -0.15) is 0 Å². The third-order valence-electron chi connectivity index (χ3n) is 5.66. The maximum Gasteiger partial charge on any atom is 0.325 e. The van der Waals surface area contributed by atoms with Crippen molar-refractivity contribution in [3.05, 3.63) is 95.1 Å². The van der Waals surface area contributed by atoms with E-state index in [4.69, 9.17) is 0 Å². The predicted molar refractivity (Wildman–Crippen MR) is 121 cm³/mol. The number of hydrogen-bond acceptors (Lipinski definition) is 4. The van der Waals surface area contributed by atoms with Crippen molar-refractivity contribution in [1.29, 1.82) is 0 Å². The Morgan fingerprint density at radius 1 is 0.938 bits per heavy atom. The van der Waals surface area contributed by atoms with Crippen molar-refractivity contribution in [3.8, 4) is 11.1 Å². The fourth-order valence-electron chi connectivity index (χ4n) is 4.00. The Balaban J connectivity index is 1.68. The van der Waals surface area contributed by atoms with E-state index >= 15 is 0 Å². The van der Waals surface area contributed by atoms with E-state index in [1.54, 1.807) is 29.2 Å². The van der Waals surface area contributed by atoms with Crippen LogP contribution in [-0.2, 0) is 20.9 Å². The van der Waals surface area contributed by atoms with Crippen molar-refractivity contribution < 1.29 is 19.1 Å². The van der Waals surface area contributed by atoms with Crippen molar-refractivity contribution in [1.82, 2.24) is 10.2 Å². The van der Waals surface area contributed by atoms with Gasteiger partial charge in [-0.1, -0.05) is 72.3 Å². The quantitative estimate of drug-likeness (QED) is 0.608. The lowest BCUT2D eigenvalue weighted by Gasteiger charge is -2.25. The zero-order chi connectivity index (χ0) is 22.7. The number of methoxy groups -OCH3 is 1. The van der Waals surface area contributed by atoms with Gasteiger partial charge < -0.3 is 15.0 Å². The van der Waals surface area contributed by atoms with Crippen LogP contribution in [0.25, 0.3) is 11.1 Å². The summed E-state index contributed by atoms with van der Waals surface area (Å²) in [5, 5.41) is 2.60. The molecule has 32 heavy (non-hydrogen) atoms. The molecule has 1 aliphatic heterocycles. The Morgan fingerprint density at radius 2 is 1.59 bits per heavy atom. The number of carbonyl (C=O) groups excluding carboxylic acids is 3. The molecule has 0 aliphatic carbocycles. The van der Waals surface area contributed by atoms with Crippen molar-refractivity contribution in [2.45, 2.75) is 19.5 Å². The molecular formula is C26H24N2O4. The minimum Gasteiger partial charge on any atom is -0.468 e. The molecule has 6 nitrogen and oxygen atoms in total. The topological polar surface area (TPSA) is 75.7 Å². The fraction of sp³-hybridized carbons (Fsp3) is 0.192. The number of fused-ring (bicyclic) bond motifs is 1. The minimum absolute atomic E-state index is 0.211. The maximum absolute atomic E-state index is 13.3. The second-order valence-corrected chi connectivity index (χ2v) is 7.74. The van der Waals surface area contributed by atoms with Gasteiger partial charge in [0.25, 0.3) is 5.91 Å². The average molecular weight is 428 g/mol. The van der Waals surface area contributed by atoms with Gasteiger partial charge in [0.05, 0.1) is 7.11 Å². The molecule has 162 valence electrons. The second kappa shape index (κ2) is 9.06. The Hall–Kier alpha value is -3.93. The van der Waals surface area contributed by atoms with Gasteiger partial charge in [0.15, 0.2) is 0 Å². The number of nitrogens with zero attached hydrogens (tertiary/aromatic N) is 1. The van der Waals surface area contributed by atoms with Gasteiger partial charge in [0, 0.05) is 12.1 Å². The van der Waals surface area contributed by atoms with Crippen LogP contribution in [0.5, 0.6) is 0 Å². The first-order valence-corrected chi connectivity index (χ1v) is 10.4. The van der Waals surface area contributed by atoms with Crippen LogP contribution in [0.3, 0.4) is 0 Å². The predicted octanol–water partition coefficient (Wildman–Crippen LogP) is 3.65. The molecule has 2 amide bonds. The van der Waals surface area contributed by atoms with Gasteiger partial charge in [-0.15, -0.1) is 0 Å². The van der Waals surface area contributed by atoms with Crippen LogP contribution in [-0.4, -0.2) is 36.3 Å². The highest BCUT2D eigenvalue weighted by Crippen LogP contribution is 2.36. The van der Waals surface area contributed by atoms with Crippen LogP contribution in [0.4, 0.5) is 0 Å². The zero-order valence-electron chi connectivity index (χ0n) is 18.0. The number of benzene rings is 3. The summed E-state index contributed by atoms with van der Waals surface area (Å²) in [5.41, 5.74) is 5.28. The molecule has 1 atom stereocenters. The van der Waals surface area contributed by atoms with Crippen LogP contribution in [0.2, 0.25) is 0 Å².